The van der Waals surface area contributed by atoms with Gasteiger partial charge in [-0.1, -0.05) is 42.7 Å². The number of aryl methyl sites for hydroxylation is 1. The highest BCUT2D eigenvalue weighted by molar-refractivity contribution is 5.80. The molecule has 1 aromatic rings. The normalized spacial score (nSPS) is 19.1. The van der Waals surface area contributed by atoms with E-state index in [1.807, 2.05) is 31.2 Å². The summed E-state index contributed by atoms with van der Waals surface area (Å²) in [5.74, 6) is 0.107. The third kappa shape index (κ3) is 4.16. The first-order chi connectivity index (χ1) is 11.5. The van der Waals surface area contributed by atoms with E-state index in [-0.39, 0.29) is 17.9 Å². The Balaban J connectivity index is 1.73. The van der Waals surface area contributed by atoms with Gasteiger partial charge in [-0.2, -0.15) is 0 Å². The maximum absolute atomic E-state index is 13.0. The Morgan fingerprint density at radius 2 is 1.67 bits per heavy atom. The van der Waals surface area contributed by atoms with Crippen molar-refractivity contribution in [1.82, 2.24) is 10.2 Å². The Kier molecular flexibility index (Phi) is 5.22. The number of carbonyl (C=O) groups is 2. The van der Waals surface area contributed by atoms with Crippen molar-refractivity contribution in [1.29, 1.82) is 0 Å². The van der Waals surface area contributed by atoms with Crippen LogP contribution in [-0.4, -0.2) is 28.8 Å². The van der Waals surface area contributed by atoms with Gasteiger partial charge in [0.05, 0.1) is 12.5 Å². The summed E-state index contributed by atoms with van der Waals surface area (Å²) in [6.45, 7) is 3.55. The molecule has 1 aromatic carbocycles. The highest BCUT2D eigenvalue weighted by Gasteiger charge is 2.38. The summed E-state index contributed by atoms with van der Waals surface area (Å²) in [5.41, 5.74) is 2.18. The van der Waals surface area contributed by atoms with Crippen LogP contribution in [0.5, 0.6) is 0 Å². The summed E-state index contributed by atoms with van der Waals surface area (Å²) in [4.78, 5) is 26.8. The number of rotatable bonds is 6. The lowest BCUT2D eigenvalue weighted by Gasteiger charge is -2.31. The van der Waals surface area contributed by atoms with Crippen molar-refractivity contribution in [3.8, 4) is 0 Å². The largest absolute Gasteiger partial charge is 0.349 e. The fraction of sp³-hybridized carbons (Fsp3) is 0.600. The monoisotopic (exact) mass is 328 g/mol. The summed E-state index contributed by atoms with van der Waals surface area (Å²) < 4.78 is 0. The van der Waals surface area contributed by atoms with Gasteiger partial charge in [-0.15, -0.1) is 0 Å². The van der Waals surface area contributed by atoms with Gasteiger partial charge in [0.25, 0.3) is 0 Å². The van der Waals surface area contributed by atoms with E-state index >= 15 is 0 Å². The van der Waals surface area contributed by atoms with E-state index in [4.69, 9.17) is 0 Å². The standard InChI is InChI=1S/C20H28N2O2/c1-14-7-9-16(10-8-14)19(21-15(2)23)13-20(24)22(18-11-12-18)17-5-3-4-6-17/h7-10,17-19H,3-6,11-13H2,1-2H3,(H,21,23). The summed E-state index contributed by atoms with van der Waals surface area (Å²) >= 11 is 0. The molecule has 1 atom stereocenters. The Morgan fingerprint density at radius 3 is 2.21 bits per heavy atom. The molecule has 0 spiro atoms. The Hall–Kier alpha value is -1.84. The number of nitrogens with zero attached hydrogens (tertiary/aromatic N) is 1. The smallest absolute Gasteiger partial charge is 0.225 e. The second-order valence-corrected chi connectivity index (χ2v) is 7.34. The lowest BCUT2D eigenvalue weighted by molar-refractivity contribution is -0.135. The minimum atomic E-state index is -0.238. The highest BCUT2D eigenvalue weighted by atomic mass is 16.2. The van der Waals surface area contributed by atoms with E-state index < -0.39 is 0 Å². The topological polar surface area (TPSA) is 49.4 Å². The highest BCUT2D eigenvalue weighted by Crippen LogP contribution is 2.35. The van der Waals surface area contributed by atoms with Crippen LogP contribution in [0, 0.1) is 6.92 Å². The molecule has 2 amide bonds. The van der Waals surface area contributed by atoms with Crippen LogP contribution in [0.2, 0.25) is 0 Å². The molecule has 0 aliphatic heterocycles. The predicted octanol–water partition coefficient (Wildman–Crippen LogP) is 3.50. The van der Waals surface area contributed by atoms with Gasteiger partial charge in [0.2, 0.25) is 11.8 Å². The summed E-state index contributed by atoms with van der Waals surface area (Å²) in [6, 6.07) is 8.71. The first kappa shape index (κ1) is 17.0. The van der Waals surface area contributed by atoms with Crippen molar-refractivity contribution >= 4 is 11.8 Å². The van der Waals surface area contributed by atoms with Crippen molar-refractivity contribution in [2.75, 3.05) is 0 Å². The van der Waals surface area contributed by atoms with Gasteiger partial charge in [0.15, 0.2) is 0 Å². The van der Waals surface area contributed by atoms with Gasteiger partial charge >= 0.3 is 0 Å². The molecule has 2 saturated carbocycles. The van der Waals surface area contributed by atoms with E-state index in [1.54, 1.807) is 0 Å². The quantitative estimate of drug-likeness (QED) is 0.869. The molecule has 4 nitrogen and oxygen atoms in total. The average Bonchev–Trinajstić information content (AvgIpc) is 3.21. The third-order valence-corrected chi connectivity index (χ3v) is 5.18. The zero-order chi connectivity index (χ0) is 17.1. The van der Waals surface area contributed by atoms with Gasteiger partial charge in [0, 0.05) is 19.0 Å². The molecular weight excluding hydrogens is 300 g/mol. The van der Waals surface area contributed by atoms with E-state index in [1.165, 1.54) is 25.3 Å². The van der Waals surface area contributed by atoms with Gasteiger partial charge < -0.3 is 10.2 Å². The van der Waals surface area contributed by atoms with Crippen LogP contribution < -0.4 is 5.32 Å². The van der Waals surface area contributed by atoms with Crippen LogP contribution in [-0.2, 0) is 9.59 Å². The van der Waals surface area contributed by atoms with E-state index in [9.17, 15) is 9.59 Å². The molecule has 130 valence electrons. The molecule has 0 bridgehead atoms. The fourth-order valence-electron chi connectivity index (χ4n) is 3.82. The van der Waals surface area contributed by atoms with Crippen LogP contribution in [0.4, 0.5) is 0 Å². The molecule has 4 heteroatoms. The van der Waals surface area contributed by atoms with E-state index in [2.05, 4.69) is 10.2 Å². The Bertz CT molecular complexity index is 586. The summed E-state index contributed by atoms with van der Waals surface area (Å²) in [5, 5.41) is 2.96. The number of benzene rings is 1. The van der Waals surface area contributed by atoms with Crippen molar-refractivity contribution in [3.63, 3.8) is 0 Å². The SMILES string of the molecule is CC(=O)NC(CC(=O)N(C1CCCC1)C1CC1)c1ccc(C)cc1. The van der Waals surface area contributed by atoms with Crippen molar-refractivity contribution in [3.05, 3.63) is 35.4 Å². The van der Waals surface area contributed by atoms with Crippen LogP contribution in [0.25, 0.3) is 0 Å². The molecule has 1 N–H and O–H groups in total. The van der Waals surface area contributed by atoms with E-state index in [0.29, 0.717) is 18.5 Å². The molecule has 2 aliphatic rings. The zero-order valence-corrected chi connectivity index (χ0v) is 14.8. The second kappa shape index (κ2) is 7.37. The maximum atomic E-state index is 13.0. The molecular formula is C20H28N2O2. The van der Waals surface area contributed by atoms with Crippen LogP contribution in [0.1, 0.15) is 69.0 Å². The van der Waals surface area contributed by atoms with Gasteiger partial charge in [-0.3, -0.25) is 9.59 Å². The number of nitrogens with one attached hydrogen (secondary N) is 1. The molecule has 1 unspecified atom stereocenters. The van der Waals surface area contributed by atoms with Crippen LogP contribution in [0.15, 0.2) is 24.3 Å². The minimum Gasteiger partial charge on any atom is -0.349 e. The molecule has 0 saturated heterocycles. The number of amides is 2. The van der Waals surface area contributed by atoms with Crippen molar-refractivity contribution in [2.24, 2.45) is 0 Å². The van der Waals surface area contributed by atoms with E-state index in [0.717, 1.165) is 31.2 Å². The first-order valence-electron chi connectivity index (χ1n) is 9.19. The third-order valence-electron chi connectivity index (χ3n) is 5.18. The molecule has 0 radical (unpaired) electrons. The maximum Gasteiger partial charge on any atom is 0.225 e. The predicted molar refractivity (Wildman–Crippen MR) is 94.5 cm³/mol. The van der Waals surface area contributed by atoms with Crippen molar-refractivity contribution < 1.29 is 9.59 Å². The minimum absolute atomic E-state index is 0.0905. The molecule has 3 rings (SSSR count). The van der Waals surface area contributed by atoms with Crippen LogP contribution in [0.3, 0.4) is 0 Å². The first-order valence-corrected chi connectivity index (χ1v) is 9.19. The second-order valence-electron chi connectivity index (χ2n) is 7.34. The molecule has 2 aliphatic carbocycles. The summed E-state index contributed by atoms with van der Waals surface area (Å²) in [7, 11) is 0. The lowest BCUT2D eigenvalue weighted by Crippen LogP contribution is -2.42. The van der Waals surface area contributed by atoms with Crippen molar-refractivity contribution in [2.45, 2.75) is 76.9 Å². The Labute approximate surface area is 144 Å². The summed E-state index contributed by atoms with van der Waals surface area (Å²) in [6.07, 6.45) is 7.36. The zero-order valence-electron chi connectivity index (χ0n) is 14.8. The van der Waals surface area contributed by atoms with Gasteiger partial charge in [-0.05, 0) is 38.2 Å². The Morgan fingerprint density at radius 1 is 1.08 bits per heavy atom. The molecule has 0 aromatic heterocycles. The molecule has 0 heterocycles. The fourth-order valence-corrected chi connectivity index (χ4v) is 3.82. The lowest BCUT2D eigenvalue weighted by atomic mass is 10.0. The molecule has 2 fully saturated rings. The van der Waals surface area contributed by atoms with Crippen LogP contribution >= 0.6 is 0 Å². The number of hydrogen-bond donors (Lipinski definition) is 1. The molecule has 24 heavy (non-hydrogen) atoms. The number of hydrogen-bond acceptors (Lipinski definition) is 2. The average molecular weight is 328 g/mol. The number of carbonyl (C=O) groups excluding carboxylic acids is 2. The van der Waals surface area contributed by atoms with Gasteiger partial charge in [0.1, 0.15) is 0 Å². The van der Waals surface area contributed by atoms with Gasteiger partial charge in [-0.25, -0.2) is 0 Å².